The minimum atomic E-state index is 0.203. The number of methoxy groups -OCH3 is 1. The van der Waals surface area contributed by atoms with Gasteiger partial charge in [0, 0.05) is 51.5 Å². The fraction of sp³-hybridized carbons (Fsp3) is 0.647. The summed E-state index contributed by atoms with van der Waals surface area (Å²) in [4.78, 5) is 23.2. The number of amides is 1. The topological polar surface area (TPSA) is 88.9 Å². The molecule has 2 aromatic heterocycles. The lowest BCUT2D eigenvalue weighted by Gasteiger charge is -2.16. The molecule has 0 spiro atoms. The summed E-state index contributed by atoms with van der Waals surface area (Å²) in [5, 5.41) is 7.34. The lowest BCUT2D eigenvalue weighted by atomic mass is 9.91. The second-order valence-electron chi connectivity index (χ2n) is 7.03. The molecule has 0 radical (unpaired) electrons. The summed E-state index contributed by atoms with van der Waals surface area (Å²) in [5.74, 6) is 3.19. The predicted molar refractivity (Wildman–Crippen MR) is 89.5 cm³/mol. The zero-order valence-corrected chi connectivity index (χ0v) is 14.5. The van der Waals surface area contributed by atoms with Crippen LogP contribution in [0.4, 0.5) is 0 Å². The summed E-state index contributed by atoms with van der Waals surface area (Å²) in [6, 6.07) is 0. The average Bonchev–Trinajstić information content (AvgIpc) is 3.05. The van der Waals surface area contributed by atoms with E-state index in [0.717, 1.165) is 18.2 Å². The van der Waals surface area contributed by atoms with Crippen molar-refractivity contribution in [1.29, 1.82) is 0 Å². The van der Waals surface area contributed by atoms with E-state index >= 15 is 0 Å². The van der Waals surface area contributed by atoms with Crippen LogP contribution in [-0.4, -0.2) is 55.7 Å². The van der Waals surface area contributed by atoms with Crippen LogP contribution in [0.5, 0.6) is 0 Å². The van der Waals surface area contributed by atoms with E-state index in [2.05, 4.69) is 20.2 Å². The van der Waals surface area contributed by atoms with Crippen molar-refractivity contribution in [1.82, 2.24) is 29.6 Å². The minimum absolute atomic E-state index is 0.203. The first-order valence-corrected chi connectivity index (χ1v) is 8.88. The van der Waals surface area contributed by atoms with Gasteiger partial charge in [-0.1, -0.05) is 0 Å². The first-order chi connectivity index (χ1) is 12.2. The SMILES string of the molecule is COCc1nc([C@H]2CN(C(=O)CCn3ccnc3)C[C@@H]2C2CC2)n[nH]1. The van der Waals surface area contributed by atoms with Gasteiger partial charge in [0.15, 0.2) is 11.6 Å². The third-order valence-corrected chi connectivity index (χ3v) is 5.25. The number of likely N-dealkylation sites (tertiary alicyclic amines) is 1. The normalized spacial score (nSPS) is 23.3. The Morgan fingerprint density at radius 3 is 3.00 bits per heavy atom. The van der Waals surface area contributed by atoms with E-state index < -0.39 is 0 Å². The molecular weight excluding hydrogens is 320 g/mol. The molecule has 1 saturated carbocycles. The molecule has 25 heavy (non-hydrogen) atoms. The highest BCUT2D eigenvalue weighted by Gasteiger charge is 2.45. The van der Waals surface area contributed by atoms with E-state index in [0.29, 0.717) is 38.0 Å². The molecule has 1 aliphatic carbocycles. The summed E-state index contributed by atoms with van der Waals surface area (Å²) in [7, 11) is 1.64. The fourth-order valence-corrected chi connectivity index (χ4v) is 3.79. The number of carbonyl (C=O) groups is 1. The number of aromatic amines is 1. The van der Waals surface area contributed by atoms with Crippen LogP contribution in [-0.2, 0) is 22.7 Å². The van der Waals surface area contributed by atoms with Crippen molar-refractivity contribution in [3.8, 4) is 0 Å². The Morgan fingerprint density at radius 2 is 2.28 bits per heavy atom. The van der Waals surface area contributed by atoms with Gasteiger partial charge in [-0.05, 0) is 24.7 Å². The van der Waals surface area contributed by atoms with E-state index in [1.807, 2.05) is 15.7 Å². The van der Waals surface area contributed by atoms with Crippen LogP contribution < -0.4 is 0 Å². The van der Waals surface area contributed by atoms with Crippen molar-refractivity contribution in [2.24, 2.45) is 11.8 Å². The van der Waals surface area contributed by atoms with Crippen molar-refractivity contribution in [2.45, 2.75) is 38.3 Å². The summed E-state index contributed by atoms with van der Waals surface area (Å²) in [6.07, 6.45) is 8.39. The van der Waals surface area contributed by atoms with E-state index in [-0.39, 0.29) is 11.8 Å². The molecule has 8 nitrogen and oxygen atoms in total. The van der Waals surface area contributed by atoms with Gasteiger partial charge < -0.3 is 14.2 Å². The van der Waals surface area contributed by atoms with Crippen LogP contribution in [0.2, 0.25) is 0 Å². The van der Waals surface area contributed by atoms with Gasteiger partial charge in [0.05, 0.1) is 6.33 Å². The highest BCUT2D eigenvalue weighted by molar-refractivity contribution is 5.76. The number of aromatic nitrogens is 5. The Hall–Kier alpha value is -2.22. The van der Waals surface area contributed by atoms with Crippen molar-refractivity contribution in [3.63, 3.8) is 0 Å². The van der Waals surface area contributed by atoms with Crippen LogP contribution >= 0.6 is 0 Å². The summed E-state index contributed by atoms with van der Waals surface area (Å²) in [6.45, 7) is 2.65. The zero-order chi connectivity index (χ0) is 17.2. The average molecular weight is 344 g/mol. The quantitative estimate of drug-likeness (QED) is 0.815. The first kappa shape index (κ1) is 16.3. The lowest BCUT2D eigenvalue weighted by molar-refractivity contribution is -0.130. The molecule has 0 unspecified atom stereocenters. The lowest BCUT2D eigenvalue weighted by Crippen LogP contribution is -2.29. The molecule has 0 bridgehead atoms. The van der Waals surface area contributed by atoms with Crippen LogP contribution in [0.15, 0.2) is 18.7 Å². The van der Waals surface area contributed by atoms with Gasteiger partial charge >= 0.3 is 0 Å². The van der Waals surface area contributed by atoms with Gasteiger partial charge in [0.25, 0.3) is 0 Å². The third-order valence-electron chi connectivity index (χ3n) is 5.25. The summed E-state index contributed by atoms with van der Waals surface area (Å²) < 4.78 is 7.05. The fourth-order valence-electron chi connectivity index (χ4n) is 3.79. The molecule has 8 heteroatoms. The maximum absolute atomic E-state index is 12.6. The number of ether oxygens (including phenoxy) is 1. The summed E-state index contributed by atoms with van der Waals surface area (Å²) in [5.41, 5.74) is 0. The maximum atomic E-state index is 12.6. The molecule has 2 aliphatic rings. The van der Waals surface area contributed by atoms with E-state index in [1.165, 1.54) is 12.8 Å². The molecular formula is C17H24N6O2. The molecule has 1 aliphatic heterocycles. The monoisotopic (exact) mass is 344 g/mol. The van der Waals surface area contributed by atoms with Crippen LogP contribution in [0, 0.1) is 11.8 Å². The Labute approximate surface area is 146 Å². The Kier molecular flexibility index (Phi) is 4.52. The smallest absolute Gasteiger partial charge is 0.224 e. The predicted octanol–water partition coefficient (Wildman–Crippen LogP) is 1.19. The Morgan fingerprint density at radius 1 is 1.40 bits per heavy atom. The molecule has 2 aromatic rings. The van der Waals surface area contributed by atoms with Crippen molar-refractivity contribution >= 4 is 5.91 Å². The maximum Gasteiger partial charge on any atom is 0.224 e. The standard InChI is InChI=1S/C17H24N6O2/c1-25-10-15-19-17(21-20-15)14-9-23(8-13(14)12-2-3-12)16(24)4-6-22-7-5-18-11-22/h5,7,11-14H,2-4,6,8-10H2,1H3,(H,19,20,21)/t13-,14+/m1/s1. The van der Waals surface area contributed by atoms with Crippen molar-refractivity contribution in [3.05, 3.63) is 30.4 Å². The van der Waals surface area contributed by atoms with Gasteiger partial charge in [0.1, 0.15) is 6.61 Å². The van der Waals surface area contributed by atoms with Crippen molar-refractivity contribution < 1.29 is 9.53 Å². The molecule has 1 saturated heterocycles. The molecule has 2 atom stereocenters. The first-order valence-electron chi connectivity index (χ1n) is 8.88. The summed E-state index contributed by atoms with van der Waals surface area (Å²) >= 11 is 0. The number of aryl methyl sites for hydroxylation is 1. The molecule has 2 fully saturated rings. The highest BCUT2D eigenvalue weighted by atomic mass is 16.5. The number of nitrogens with one attached hydrogen (secondary N) is 1. The van der Waals surface area contributed by atoms with Crippen LogP contribution in [0.1, 0.15) is 36.8 Å². The Bertz CT molecular complexity index is 709. The molecule has 3 heterocycles. The Balaban J connectivity index is 1.41. The minimum Gasteiger partial charge on any atom is -0.377 e. The number of H-pyrrole nitrogens is 1. The largest absolute Gasteiger partial charge is 0.377 e. The van der Waals surface area contributed by atoms with E-state index in [9.17, 15) is 4.79 Å². The van der Waals surface area contributed by atoms with E-state index in [1.54, 1.807) is 19.6 Å². The van der Waals surface area contributed by atoms with Crippen LogP contribution in [0.3, 0.4) is 0 Å². The number of imidazole rings is 1. The van der Waals surface area contributed by atoms with E-state index in [4.69, 9.17) is 4.74 Å². The molecule has 0 aromatic carbocycles. The number of nitrogens with zero attached hydrogens (tertiary/aromatic N) is 5. The van der Waals surface area contributed by atoms with Gasteiger partial charge in [-0.15, -0.1) is 0 Å². The molecule has 4 rings (SSSR count). The van der Waals surface area contributed by atoms with Crippen LogP contribution in [0.25, 0.3) is 0 Å². The second kappa shape index (κ2) is 6.95. The number of carbonyl (C=O) groups excluding carboxylic acids is 1. The number of rotatable bonds is 7. The van der Waals surface area contributed by atoms with Crippen molar-refractivity contribution in [2.75, 3.05) is 20.2 Å². The van der Waals surface area contributed by atoms with Gasteiger partial charge in [0.2, 0.25) is 5.91 Å². The second-order valence-corrected chi connectivity index (χ2v) is 7.03. The molecule has 134 valence electrons. The molecule has 1 N–H and O–H groups in total. The molecule has 1 amide bonds. The highest BCUT2D eigenvalue weighted by Crippen LogP contribution is 2.47. The van der Waals surface area contributed by atoms with Gasteiger partial charge in [-0.25, -0.2) is 9.97 Å². The van der Waals surface area contributed by atoms with Gasteiger partial charge in [-0.2, -0.15) is 5.10 Å². The third kappa shape index (κ3) is 3.58. The zero-order valence-electron chi connectivity index (χ0n) is 14.5. The number of hydrogen-bond donors (Lipinski definition) is 1. The van der Waals surface area contributed by atoms with Gasteiger partial charge in [-0.3, -0.25) is 9.89 Å². The number of hydrogen-bond acceptors (Lipinski definition) is 5.